The van der Waals surface area contributed by atoms with Crippen molar-refractivity contribution in [3.63, 3.8) is 0 Å². The van der Waals surface area contributed by atoms with E-state index in [-0.39, 0.29) is 0 Å². The van der Waals surface area contributed by atoms with Crippen molar-refractivity contribution in [2.45, 2.75) is 5.79 Å². The molecule has 0 atom stereocenters. The molecule has 0 saturated heterocycles. The summed E-state index contributed by atoms with van der Waals surface area (Å²) in [5.41, 5.74) is 1.84. The highest BCUT2D eigenvalue weighted by molar-refractivity contribution is 5.38. The minimum Gasteiger partial charge on any atom is -0.444 e. The summed E-state index contributed by atoms with van der Waals surface area (Å²) < 4.78 is 13.1. The molecule has 0 aromatic heterocycles. The Hall–Kier alpha value is -3.52. The van der Waals surface area contributed by atoms with Crippen molar-refractivity contribution in [3.8, 4) is 11.5 Å². The van der Waals surface area contributed by atoms with Gasteiger partial charge >= 0.3 is 5.79 Å². The Morgan fingerprint density at radius 3 is 1.00 bits per heavy atom. The second kappa shape index (κ2) is 7.79. The zero-order valence-electron chi connectivity index (χ0n) is 14.9. The lowest BCUT2D eigenvalue weighted by molar-refractivity contribution is -0.0843. The van der Waals surface area contributed by atoms with Crippen LogP contribution in [0.15, 0.2) is 121 Å². The molecule has 4 aromatic carbocycles. The van der Waals surface area contributed by atoms with Gasteiger partial charge in [0, 0.05) is 11.1 Å². The summed E-state index contributed by atoms with van der Waals surface area (Å²) in [5.74, 6) is 0.368. The first-order valence-electron chi connectivity index (χ1n) is 8.96. The van der Waals surface area contributed by atoms with Crippen LogP contribution in [0.25, 0.3) is 0 Å². The van der Waals surface area contributed by atoms with E-state index in [4.69, 9.17) is 9.47 Å². The van der Waals surface area contributed by atoms with Gasteiger partial charge in [0.15, 0.2) is 0 Å². The zero-order valence-corrected chi connectivity index (χ0v) is 14.9. The number of ether oxygens (including phenoxy) is 2. The smallest absolute Gasteiger partial charge is 0.305 e. The van der Waals surface area contributed by atoms with Crippen LogP contribution in [0.1, 0.15) is 11.1 Å². The van der Waals surface area contributed by atoms with Crippen molar-refractivity contribution in [2.75, 3.05) is 0 Å². The van der Waals surface area contributed by atoms with Crippen molar-refractivity contribution in [1.29, 1.82) is 0 Å². The Bertz CT molecular complexity index is 869. The third kappa shape index (κ3) is 3.70. The van der Waals surface area contributed by atoms with Crippen molar-refractivity contribution < 1.29 is 9.47 Å². The predicted molar refractivity (Wildman–Crippen MR) is 108 cm³/mol. The number of hydrogen-bond acceptors (Lipinski definition) is 2. The molecular formula is C25H20O2. The van der Waals surface area contributed by atoms with Gasteiger partial charge in [0.25, 0.3) is 0 Å². The van der Waals surface area contributed by atoms with Crippen LogP contribution >= 0.6 is 0 Å². The highest BCUT2D eigenvalue weighted by Crippen LogP contribution is 2.37. The van der Waals surface area contributed by atoms with E-state index in [1.54, 1.807) is 0 Å². The van der Waals surface area contributed by atoms with E-state index in [2.05, 4.69) is 0 Å². The lowest BCUT2D eigenvalue weighted by atomic mass is 9.96. The Morgan fingerprint density at radius 2 is 0.667 bits per heavy atom. The molecule has 4 aromatic rings. The van der Waals surface area contributed by atoms with Crippen molar-refractivity contribution in [1.82, 2.24) is 0 Å². The maximum absolute atomic E-state index is 6.56. The van der Waals surface area contributed by atoms with Crippen LogP contribution in [0.3, 0.4) is 0 Å². The third-order valence-electron chi connectivity index (χ3n) is 4.32. The van der Waals surface area contributed by atoms with Crippen LogP contribution in [0.2, 0.25) is 0 Å². The molecule has 0 heterocycles. The fourth-order valence-electron chi connectivity index (χ4n) is 3.05. The summed E-state index contributed by atoms with van der Waals surface area (Å²) in [7, 11) is 0. The summed E-state index contributed by atoms with van der Waals surface area (Å²) in [6, 6.07) is 39.6. The van der Waals surface area contributed by atoms with Gasteiger partial charge in [-0.25, -0.2) is 0 Å². The Labute approximate surface area is 159 Å². The summed E-state index contributed by atoms with van der Waals surface area (Å²) in [6.07, 6.45) is 0. The molecule has 0 aliphatic rings. The molecule has 0 N–H and O–H groups in total. The highest BCUT2D eigenvalue weighted by atomic mass is 16.7. The number of hydrogen-bond donors (Lipinski definition) is 0. The Morgan fingerprint density at radius 1 is 0.370 bits per heavy atom. The van der Waals surface area contributed by atoms with Gasteiger partial charge in [0.05, 0.1) is 0 Å². The summed E-state index contributed by atoms with van der Waals surface area (Å²) in [6.45, 7) is 0. The van der Waals surface area contributed by atoms with Crippen LogP contribution < -0.4 is 9.47 Å². The first kappa shape index (κ1) is 16.9. The molecule has 0 aliphatic carbocycles. The van der Waals surface area contributed by atoms with E-state index < -0.39 is 5.79 Å². The third-order valence-corrected chi connectivity index (χ3v) is 4.32. The molecule has 4 rings (SSSR count). The average Bonchev–Trinajstić information content (AvgIpc) is 2.76. The fraction of sp³-hybridized carbons (Fsp3) is 0.0400. The summed E-state index contributed by atoms with van der Waals surface area (Å²) in [5, 5.41) is 0. The Kier molecular flexibility index (Phi) is 4.88. The molecule has 0 fully saturated rings. The van der Waals surface area contributed by atoms with Gasteiger partial charge in [-0.05, 0) is 24.3 Å². The standard InChI is InChI=1S/C25H20O2/c1-5-13-21(14-6-1)25(22-15-7-2-8-16-22,26-23-17-9-3-10-18-23)27-24-19-11-4-12-20-24/h1-20H. The number of rotatable bonds is 6. The van der Waals surface area contributed by atoms with Crippen LogP contribution in [0, 0.1) is 0 Å². The zero-order chi connectivity index (χ0) is 18.4. The minimum atomic E-state index is -1.11. The normalized spacial score (nSPS) is 11.0. The van der Waals surface area contributed by atoms with Crippen LogP contribution in [-0.2, 0) is 5.79 Å². The molecule has 0 spiro atoms. The van der Waals surface area contributed by atoms with Crippen LogP contribution in [0.4, 0.5) is 0 Å². The largest absolute Gasteiger partial charge is 0.444 e. The maximum atomic E-state index is 6.56. The molecule has 132 valence electrons. The average molecular weight is 352 g/mol. The van der Waals surface area contributed by atoms with Gasteiger partial charge in [0.1, 0.15) is 11.5 Å². The molecule has 0 aliphatic heterocycles. The van der Waals surface area contributed by atoms with E-state index in [0.717, 1.165) is 22.6 Å². The van der Waals surface area contributed by atoms with Gasteiger partial charge in [0.2, 0.25) is 0 Å². The number of benzene rings is 4. The van der Waals surface area contributed by atoms with E-state index in [1.165, 1.54) is 0 Å². The SMILES string of the molecule is c1ccc(OC(Oc2ccccc2)(c2ccccc2)c2ccccc2)cc1. The van der Waals surface area contributed by atoms with Crippen molar-refractivity contribution in [3.05, 3.63) is 132 Å². The van der Waals surface area contributed by atoms with Crippen LogP contribution in [0.5, 0.6) is 11.5 Å². The second-order valence-corrected chi connectivity index (χ2v) is 6.18. The van der Waals surface area contributed by atoms with E-state index in [0.29, 0.717) is 0 Å². The molecule has 0 bridgehead atoms. The van der Waals surface area contributed by atoms with Gasteiger partial charge in [-0.3, -0.25) is 0 Å². The monoisotopic (exact) mass is 352 g/mol. The quantitative estimate of drug-likeness (QED) is 0.394. The lowest BCUT2D eigenvalue weighted by Gasteiger charge is -2.35. The highest BCUT2D eigenvalue weighted by Gasteiger charge is 2.39. The van der Waals surface area contributed by atoms with Crippen LogP contribution in [-0.4, -0.2) is 0 Å². The van der Waals surface area contributed by atoms with E-state index in [9.17, 15) is 0 Å². The summed E-state index contributed by atoms with van der Waals surface area (Å²) in [4.78, 5) is 0. The molecule has 0 saturated carbocycles. The molecule has 2 heteroatoms. The molecule has 0 unspecified atom stereocenters. The van der Waals surface area contributed by atoms with Gasteiger partial charge in [-0.2, -0.15) is 0 Å². The molecule has 2 nitrogen and oxygen atoms in total. The first-order chi connectivity index (χ1) is 13.4. The predicted octanol–water partition coefficient (Wildman–Crippen LogP) is 6.05. The fourth-order valence-corrected chi connectivity index (χ4v) is 3.05. The van der Waals surface area contributed by atoms with E-state index in [1.807, 2.05) is 121 Å². The van der Waals surface area contributed by atoms with Gasteiger partial charge in [-0.1, -0.05) is 97.1 Å². The molecule has 0 radical (unpaired) electrons. The number of para-hydroxylation sites is 2. The Balaban J connectivity index is 1.90. The van der Waals surface area contributed by atoms with Crippen molar-refractivity contribution in [2.24, 2.45) is 0 Å². The van der Waals surface area contributed by atoms with Gasteiger partial charge in [-0.15, -0.1) is 0 Å². The summed E-state index contributed by atoms with van der Waals surface area (Å²) >= 11 is 0. The second-order valence-electron chi connectivity index (χ2n) is 6.18. The first-order valence-corrected chi connectivity index (χ1v) is 8.96. The van der Waals surface area contributed by atoms with Gasteiger partial charge < -0.3 is 9.47 Å². The van der Waals surface area contributed by atoms with E-state index >= 15 is 0 Å². The van der Waals surface area contributed by atoms with Crippen molar-refractivity contribution >= 4 is 0 Å². The molecular weight excluding hydrogens is 332 g/mol. The molecule has 0 amide bonds. The maximum Gasteiger partial charge on any atom is 0.305 e. The lowest BCUT2D eigenvalue weighted by Crippen LogP contribution is -2.40. The topological polar surface area (TPSA) is 18.5 Å². The minimum absolute atomic E-state index is 0.737. The molecule has 27 heavy (non-hydrogen) atoms.